The number of carbonyl (C=O) groups is 2. The second kappa shape index (κ2) is 9.92. The fourth-order valence-corrected chi connectivity index (χ4v) is 2.11. The molecule has 0 heterocycles. The van der Waals surface area contributed by atoms with Crippen molar-refractivity contribution in [2.24, 2.45) is 0 Å². The molecule has 0 radical (unpaired) electrons. The zero-order valence-electron chi connectivity index (χ0n) is 13.1. The third-order valence-corrected chi connectivity index (χ3v) is 3.34. The first-order valence-electron chi connectivity index (χ1n) is 7.17. The van der Waals surface area contributed by atoms with Gasteiger partial charge in [-0.2, -0.15) is 0 Å². The van der Waals surface area contributed by atoms with Crippen molar-refractivity contribution >= 4 is 11.9 Å². The molecule has 1 aromatic carbocycles. The molecule has 0 unspecified atom stereocenters. The van der Waals surface area contributed by atoms with Crippen LogP contribution < -0.4 is 0 Å². The summed E-state index contributed by atoms with van der Waals surface area (Å²) in [5.41, 5.74) is 0.914. The molecule has 0 aromatic heterocycles. The highest BCUT2D eigenvalue weighted by Gasteiger charge is 2.15. The standard InChI is InChI=1S/C16H23NO5/c1-21-11-9-17(10-12-22-2)15(18)8-7-13-5-3-4-6-14(13)16(19)20/h3-6H,7-12H2,1-2H3,(H,19,20). The van der Waals surface area contributed by atoms with Crippen molar-refractivity contribution in [3.63, 3.8) is 0 Å². The van der Waals surface area contributed by atoms with E-state index in [9.17, 15) is 9.59 Å². The number of carboxylic acid groups (broad SMARTS) is 1. The Balaban J connectivity index is 2.63. The molecule has 0 aliphatic heterocycles. The zero-order chi connectivity index (χ0) is 16.4. The molecule has 0 saturated carbocycles. The maximum absolute atomic E-state index is 12.3. The van der Waals surface area contributed by atoms with Crippen LogP contribution in [0.25, 0.3) is 0 Å². The van der Waals surface area contributed by atoms with E-state index < -0.39 is 5.97 Å². The Morgan fingerprint density at radius 3 is 2.23 bits per heavy atom. The monoisotopic (exact) mass is 309 g/mol. The predicted octanol–water partition coefficient (Wildman–Crippen LogP) is 1.44. The van der Waals surface area contributed by atoms with Gasteiger partial charge in [-0.25, -0.2) is 4.79 Å². The Kier molecular flexibility index (Phi) is 8.17. The van der Waals surface area contributed by atoms with E-state index in [1.807, 2.05) is 0 Å². The van der Waals surface area contributed by atoms with Gasteiger partial charge in [0.1, 0.15) is 0 Å². The fraction of sp³-hybridized carbons (Fsp3) is 0.500. The quantitative estimate of drug-likeness (QED) is 0.708. The summed E-state index contributed by atoms with van der Waals surface area (Å²) in [5.74, 6) is -1.01. The molecular formula is C16H23NO5. The third kappa shape index (κ3) is 5.83. The number of aromatic carboxylic acids is 1. The summed E-state index contributed by atoms with van der Waals surface area (Å²) in [6, 6.07) is 6.75. The molecule has 122 valence electrons. The van der Waals surface area contributed by atoms with Gasteiger partial charge in [0.05, 0.1) is 18.8 Å². The molecule has 6 heteroatoms. The van der Waals surface area contributed by atoms with Gasteiger partial charge in [-0.05, 0) is 18.1 Å². The van der Waals surface area contributed by atoms with Crippen LogP contribution in [0, 0.1) is 0 Å². The summed E-state index contributed by atoms with van der Waals surface area (Å²) in [7, 11) is 3.17. The molecule has 1 aromatic rings. The Morgan fingerprint density at radius 1 is 1.09 bits per heavy atom. The summed E-state index contributed by atoms with van der Waals surface area (Å²) in [6.07, 6.45) is 0.662. The van der Waals surface area contributed by atoms with E-state index in [1.165, 1.54) is 0 Å². The lowest BCUT2D eigenvalue weighted by atomic mass is 10.0. The number of amides is 1. The molecule has 0 aliphatic carbocycles. The molecule has 0 aliphatic rings. The number of hydrogen-bond donors (Lipinski definition) is 1. The summed E-state index contributed by atoms with van der Waals surface area (Å²) >= 11 is 0. The van der Waals surface area contributed by atoms with Crippen molar-refractivity contribution in [3.8, 4) is 0 Å². The lowest BCUT2D eigenvalue weighted by Crippen LogP contribution is -2.36. The molecule has 0 bridgehead atoms. The highest BCUT2D eigenvalue weighted by Crippen LogP contribution is 2.12. The van der Waals surface area contributed by atoms with Gasteiger partial charge in [0.25, 0.3) is 0 Å². The zero-order valence-corrected chi connectivity index (χ0v) is 13.1. The number of carbonyl (C=O) groups excluding carboxylic acids is 1. The number of methoxy groups -OCH3 is 2. The number of hydrogen-bond acceptors (Lipinski definition) is 4. The van der Waals surface area contributed by atoms with E-state index in [1.54, 1.807) is 43.4 Å². The molecule has 6 nitrogen and oxygen atoms in total. The average Bonchev–Trinajstić information content (AvgIpc) is 2.53. The van der Waals surface area contributed by atoms with Gasteiger partial charge >= 0.3 is 5.97 Å². The minimum absolute atomic E-state index is 0.0331. The first-order valence-corrected chi connectivity index (χ1v) is 7.17. The van der Waals surface area contributed by atoms with Gasteiger partial charge in [0.15, 0.2) is 0 Å². The Hall–Kier alpha value is -1.92. The van der Waals surface area contributed by atoms with Crippen molar-refractivity contribution in [1.29, 1.82) is 0 Å². The van der Waals surface area contributed by atoms with E-state index in [2.05, 4.69) is 0 Å². The van der Waals surface area contributed by atoms with Crippen LogP contribution in [0.4, 0.5) is 0 Å². The number of ether oxygens (including phenoxy) is 2. The molecule has 0 fully saturated rings. The van der Waals surface area contributed by atoms with Crippen LogP contribution in [0.1, 0.15) is 22.3 Å². The molecule has 1 N–H and O–H groups in total. The number of benzene rings is 1. The number of rotatable bonds is 10. The van der Waals surface area contributed by atoms with Crippen LogP contribution in [0.5, 0.6) is 0 Å². The predicted molar refractivity (Wildman–Crippen MR) is 82.1 cm³/mol. The Bertz CT molecular complexity index is 481. The first-order chi connectivity index (χ1) is 10.6. The highest BCUT2D eigenvalue weighted by atomic mass is 16.5. The van der Waals surface area contributed by atoms with Crippen LogP contribution in [-0.2, 0) is 20.7 Å². The maximum Gasteiger partial charge on any atom is 0.335 e. The minimum atomic E-state index is -0.973. The van der Waals surface area contributed by atoms with Gasteiger partial charge < -0.3 is 19.5 Å². The van der Waals surface area contributed by atoms with Gasteiger partial charge in [-0.15, -0.1) is 0 Å². The second-order valence-corrected chi connectivity index (χ2v) is 4.83. The Morgan fingerprint density at radius 2 is 1.68 bits per heavy atom. The highest BCUT2D eigenvalue weighted by molar-refractivity contribution is 5.89. The third-order valence-electron chi connectivity index (χ3n) is 3.34. The van der Waals surface area contributed by atoms with Crippen molar-refractivity contribution in [2.75, 3.05) is 40.5 Å². The van der Waals surface area contributed by atoms with Crippen LogP contribution in [0.15, 0.2) is 24.3 Å². The summed E-state index contributed by atoms with van der Waals surface area (Å²) in [5, 5.41) is 9.14. The SMILES string of the molecule is COCCN(CCOC)C(=O)CCc1ccccc1C(=O)O. The summed E-state index contributed by atoms with van der Waals surface area (Å²) < 4.78 is 10.0. The van der Waals surface area contributed by atoms with E-state index >= 15 is 0 Å². The first kappa shape index (κ1) is 18.1. The normalized spacial score (nSPS) is 10.5. The number of carboxylic acids is 1. The smallest absolute Gasteiger partial charge is 0.335 e. The van der Waals surface area contributed by atoms with E-state index in [4.69, 9.17) is 14.6 Å². The summed E-state index contributed by atoms with van der Waals surface area (Å²) in [4.78, 5) is 25.1. The lowest BCUT2D eigenvalue weighted by molar-refractivity contribution is -0.132. The largest absolute Gasteiger partial charge is 0.478 e. The fourth-order valence-electron chi connectivity index (χ4n) is 2.11. The van der Waals surface area contributed by atoms with Crippen molar-refractivity contribution in [1.82, 2.24) is 4.90 Å². The Labute approximate surface area is 130 Å². The van der Waals surface area contributed by atoms with Crippen LogP contribution in [-0.4, -0.2) is 62.4 Å². The second-order valence-electron chi connectivity index (χ2n) is 4.83. The van der Waals surface area contributed by atoms with Crippen molar-refractivity contribution < 1.29 is 24.2 Å². The van der Waals surface area contributed by atoms with Gasteiger partial charge in [-0.1, -0.05) is 18.2 Å². The van der Waals surface area contributed by atoms with Crippen LogP contribution in [0.3, 0.4) is 0 Å². The summed E-state index contributed by atoms with van der Waals surface area (Å²) in [6.45, 7) is 1.92. The van der Waals surface area contributed by atoms with Crippen LogP contribution >= 0.6 is 0 Å². The van der Waals surface area contributed by atoms with E-state index in [0.717, 1.165) is 0 Å². The van der Waals surface area contributed by atoms with Crippen LogP contribution in [0.2, 0.25) is 0 Å². The number of nitrogens with zero attached hydrogens (tertiary/aromatic N) is 1. The average molecular weight is 309 g/mol. The molecule has 0 atom stereocenters. The molecule has 0 saturated heterocycles. The van der Waals surface area contributed by atoms with Gasteiger partial charge in [-0.3, -0.25) is 4.79 Å². The topological polar surface area (TPSA) is 76.1 Å². The lowest BCUT2D eigenvalue weighted by Gasteiger charge is -2.22. The minimum Gasteiger partial charge on any atom is -0.478 e. The molecule has 0 spiro atoms. The maximum atomic E-state index is 12.3. The molecule has 1 rings (SSSR count). The number of aryl methyl sites for hydroxylation is 1. The molecule has 22 heavy (non-hydrogen) atoms. The molecular weight excluding hydrogens is 286 g/mol. The van der Waals surface area contributed by atoms with Gasteiger partial charge in [0, 0.05) is 33.7 Å². The van der Waals surface area contributed by atoms with Crippen molar-refractivity contribution in [3.05, 3.63) is 35.4 Å². The van der Waals surface area contributed by atoms with E-state index in [-0.39, 0.29) is 17.9 Å². The van der Waals surface area contributed by atoms with Crippen molar-refractivity contribution in [2.45, 2.75) is 12.8 Å². The molecule has 1 amide bonds. The van der Waals surface area contributed by atoms with E-state index in [0.29, 0.717) is 38.3 Å². The van der Waals surface area contributed by atoms with Gasteiger partial charge in [0.2, 0.25) is 5.91 Å².